The minimum absolute atomic E-state index is 0.197. The van der Waals surface area contributed by atoms with E-state index < -0.39 is 23.6 Å². The maximum absolute atomic E-state index is 13.3. The van der Waals surface area contributed by atoms with Crippen molar-refractivity contribution in [3.8, 4) is 16.9 Å². The lowest BCUT2D eigenvalue weighted by molar-refractivity contribution is -0.138. The van der Waals surface area contributed by atoms with Crippen molar-refractivity contribution in [3.63, 3.8) is 0 Å². The van der Waals surface area contributed by atoms with Crippen LogP contribution in [0.15, 0.2) is 97.1 Å². The molecule has 0 atom stereocenters. The molecule has 0 aliphatic heterocycles. The summed E-state index contributed by atoms with van der Waals surface area (Å²) in [7, 11) is 0. The van der Waals surface area contributed by atoms with E-state index in [0.29, 0.717) is 28.1 Å². The van der Waals surface area contributed by atoms with Crippen LogP contribution in [0.1, 0.15) is 27.0 Å². The second-order valence-corrected chi connectivity index (χ2v) is 8.25. The average Bonchev–Trinajstić information content (AvgIpc) is 2.88. The quantitative estimate of drug-likeness (QED) is 0.275. The van der Waals surface area contributed by atoms with E-state index in [2.05, 4.69) is 5.32 Å². The predicted molar refractivity (Wildman–Crippen MR) is 133 cm³/mol. The summed E-state index contributed by atoms with van der Waals surface area (Å²) in [6, 6.07) is 25.2. The molecular formula is C29H22F3NO4. The molecule has 1 amide bonds. The number of carbonyl (C=O) groups is 2. The highest BCUT2D eigenvalue weighted by molar-refractivity contribution is 6.09. The monoisotopic (exact) mass is 505 g/mol. The minimum Gasteiger partial charge on any atom is -0.487 e. The number of hydrogen-bond donors (Lipinski definition) is 2. The normalized spacial score (nSPS) is 11.1. The first-order chi connectivity index (χ1) is 17.7. The van der Waals surface area contributed by atoms with E-state index >= 15 is 0 Å². The number of anilines is 1. The fourth-order valence-corrected chi connectivity index (χ4v) is 3.77. The smallest absolute Gasteiger partial charge is 0.416 e. The number of ether oxygens (including phenoxy) is 1. The van der Waals surface area contributed by atoms with Gasteiger partial charge >= 0.3 is 12.1 Å². The van der Waals surface area contributed by atoms with Crippen molar-refractivity contribution in [1.82, 2.24) is 0 Å². The van der Waals surface area contributed by atoms with Gasteiger partial charge in [-0.1, -0.05) is 66.7 Å². The van der Waals surface area contributed by atoms with Gasteiger partial charge in [0.2, 0.25) is 0 Å². The number of carboxylic acid groups (broad SMARTS) is 1. The van der Waals surface area contributed by atoms with E-state index in [-0.39, 0.29) is 18.6 Å². The Kier molecular flexibility index (Phi) is 7.57. The second-order valence-electron chi connectivity index (χ2n) is 8.25. The van der Waals surface area contributed by atoms with E-state index in [1.165, 1.54) is 12.1 Å². The zero-order chi connectivity index (χ0) is 26.4. The molecule has 4 aromatic carbocycles. The van der Waals surface area contributed by atoms with Crippen LogP contribution in [0.2, 0.25) is 0 Å². The van der Waals surface area contributed by atoms with Crippen LogP contribution >= 0.6 is 0 Å². The maximum atomic E-state index is 13.3. The highest BCUT2D eigenvalue weighted by Gasteiger charge is 2.30. The van der Waals surface area contributed by atoms with E-state index in [1.54, 1.807) is 42.5 Å². The molecule has 0 unspecified atom stereocenters. The third-order valence-corrected chi connectivity index (χ3v) is 5.58. The van der Waals surface area contributed by atoms with Gasteiger partial charge in [0, 0.05) is 5.56 Å². The summed E-state index contributed by atoms with van der Waals surface area (Å²) in [5, 5.41) is 12.0. The molecule has 4 aromatic rings. The average molecular weight is 505 g/mol. The molecule has 0 fully saturated rings. The Morgan fingerprint density at radius 3 is 2.16 bits per heavy atom. The summed E-state index contributed by atoms with van der Waals surface area (Å²) in [6.45, 7) is 0.197. The molecule has 0 aliphatic carbocycles. The van der Waals surface area contributed by atoms with Crippen LogP contribution in [0, 0.1) is 0 Å². The number of rotatable bonds is 8. The van der Waals surface area contributed by atoms with Crippen molar-refractivity contribution < 1.29 is 32.6 Å². The molecule has 37 heavy (non-hydrogen) atoms. The Balaban J connectivity index is 1.61. The van der Waals surface area contributed by atoms with Gasteiger partial charge in [0.15, 0.2) is 0 Å². The number of amides is 1. The zero-order valence-corrected chi connectivity index (χ0v) is 19.5. The minimum atomic E-state index is -4.46. The molecule has 0 radical (unpaired) electrons. The van der Waals surface area contributed by atoms with Gasteiger partial charge < -0.3 is 15.2 Å². The lowest BCUT2D eigenvalue weighted by Gasteiger charge is -2.16. The number of aliphatic carboxylic acids is 1. The van der Waals surface area contributed by atoms with Crippen LogP contribution in [0.3, 0.4) is 0 Å². The Morgan fingerprint density at radius 1 is 0.811 bits per heavy atom. The van der Waals surface area contributed by atoms with Crippen molar-refractivity contribution in [2.24, 2.45) is 0 Å². The van der Waals surface area contributed by atoms with Crippen LogP contribution in [-0.4, -0.2) is 17.0 Å². The molecule has 0 heterocycles. The molecule has 0 aromatic heterocycles. The van der Waals surface area contributed by atoms with Crippen LogP contribution < -0.4 is 10.1 Å². The fourth-order valence-electron chi connectivity index (χ4n) is 3.77. The van der Waals surface area contributed by atoms with Crippen LogP contribution in [0.4, 0.5) is 18.9 Å². The van der Waals surface area contributed by atoms with E-state index in [9.17, 15) is 22.8 Å². The molecule has 0 aliphatic rings. The van der Waals surface area contributed by atoms with Gasteiger partial charge in [-0.25, -0.2) is 0 Å². The number of nitrogens with one attached hydrogen (secondary N) is 1. The van der Waals surface area contributed by atoms with Gasteiger partial charge in [-0.3, -0.25) is 9.59 Å². The molecule has 0 bridgehead atoms. The van der Waals surface area contributed by atoms with Crippen molar-refractivity contribution in [1.29, 1.82) is 0 Å². The third kappa shape index (κ3) is 6.55. The molecule has 5 nitrogen and oxygen atoms in total. The molecule has 2 N–H and O–H groups in total. The van der Waals surface area contributed by atoms with E-state index in [0.717, 1.165) is 17.7 Å². The lowest BCUT2D eigenvalue weighted by atomic mass is 9.98. The number of benzene rings is 4. The standard InChI is InChI=1S/C29H22F3NO4/c30-29(31,32)22-13-11-21(12-14-22)23-8-4-5-9-24(23)28(36)33-25-15-10-20(17-27(34)35)16-26(25)37-18-19-6-2-1-3-7-19/h1-16H,17-18H2,(H,33,36)(H,34,35). The fraction of sp³-hybridized carbons (Fsp3) is 0.103. The van der Waals surface area contributed by atoms with Crippen LogP contribution in [0.5, 0.6) is 5.75 Å². The van der Waals surface area contributed by atoms with Gasteiger partial charge in [0.25, 0.3) is 5.91 Å². The Bertz CT molecular complexity index is 1400. The van der Waals surface area contributed by atoms with Crippen molar-refractivity contribution in [3.05, 3.63) is 119 Å². The molecule has 4 rings (SSSR count). The largest absolute Gasteiger partial charge is 0.487 e. The Hall–Kier alpha value is -4.59. The lowest BCUT2D eigenvalue weighted by Crippen LogP contribution is -2.14. The molecule has 0 saturated heterocycles. The van der Waals surface area contributed by atoms with Crippen molar-refractivity contribution in [2.75, 3.05) is 5.32 Å². The maximum Gasteiger partial charge on any atom is 0.416 e. The number of carboxylic acids is 1. The third-order valence-electron chi connectivity index (χ3n) is 5.58. The highest BCUT2D eigenvalue weighted by Crippen LogP contribution is 2.33. The van der Waals surface area contributed by atoms with Gasteiger partial charge in [-0.05, 0) is 52.6 Å². The van der Waals surface area contributed by atoms with Gasteiger partial charge in [0.05, 0.1) is 17.7 Å². The molecule has 0 saturated carbocycles. The van der Waals surface area contributed by atoms with Crippen LogP contribution in [-0.2, 0) is 24.0 Å². The first kappa shape index (κ1) is 25.5. The molecule has 8 heteroatoms. The number of hydrogen-bond acceptors (Lipinski definition) is 3. The van der Waals surface area contributed by atoms with Gasteiger partial charge in [-0.2, -0.15) is 13.2 Å². The molecule has 0 spiro atoms. The number of carbonyl (C=O) groups excluding carboxylic acids is 1. The summed E-state index contributed by atoms with van der Waals surface area (Å²) in [5.74, 6) is -1.20. The van der Waals surface area contributed by atoms with Crippen molar-refractivity contribution in [2.45, 2.75) is 19.2 Å². The summed E-state index contributed by atoms with van der Waals surface area (Å²) < 4.78 is 44.8. The topological polar surface area (TPSA) is 75.6 Å². The van der Waals surface area contributed by atoms with Gasteiger partial charge in [0.1, 0.15) is 12.4 Å². The van der Waals surface area contributed by atoms with E-state index in [1.807, 2.05) is 30.3 Å². The molecule has 188 valence electrons. The molecular weight excluding hydrogens is 483 g/mol. The number of alkyl halides is 3. The SMILES string of the molecule is O=C(O)Cc1ccc(NC(=O)c2ccccc2-c2ccc(C(F)(F)F)cc2)c(OCc2ccccc2)c1. The second kappa shape index (κ2) is 11.0. The first-order valence-electron chi connectivity index (χ1n) is 11.3. The number of halogens is 3. The Labute approximate surface area is 211 Å². The summed E-state index contributed by atoms with van der Waals surface area (Å²) in [5.41, 5.74) is 2.11. The van der Waals surface area contributed by atoms with Crippen molar-refractivity contribution >= 4 is 17.6 Å². The predicted octanol–water partition coefficient (Wildman–Crippen LogP) is 6.83. The summed E-state index contributed by atoms with van der Waals surface area (Å²) in [4.78, 5) is 24.5. The zero-order valence-electron chi connectivity index (χ0n) is 19.5. The van der Waals surface area contributed by atoms with Crippen LogP contribution in [0.25, 0.3) is 11.1 Å². The first-order valence-corrected chi connectivity index (χ1v) is 11.3. The van der Waals surface area contributed by atoms with Gasteiger partial charge in [-0.15, -0.1) is 0 Å². The highest BCUT2D eigenvalue weighted by atomic mass is 19.4. The Morgan fingerprint density at radius 2 is 1.49 bits per heavy atom. The van der Waals surface area contributed by atoms with E-state index in [4.69, 9.17) is 9.84 Å². The summed E-state index contributed by atoms with van der Waals surface area (Å²) in [6.07, 6.45) is -4.68. The summed E-state index contributed by atoms with van der Waals surface area (Å²) >= 11 is 0.